The highest BCUT2D eigenvalue weighted by molar-refractivity contribution is 7.46. The summed E-state index contributed by atoms with van der Waals surface area (Å²) in [6, 6.07) is 19.6. The minimum absolute atomic E-state index is 0.0554. The van der Waals surface area contributed by atoms with Gasteiger partial charge in [0.05, 0.1) is 30.1 Å². The first-order valence-corrected chi connectivity index (χ1v) is 12.5. The molecule has 0 amide bonds. The lowest BCUT2D eigenvalue weighted by Gasteiger charge is -2.15. The second-order valence-corrected chi connectivity index (χ2v) is 9.37. The number of hydrogen-bond donors (Lipinski definition) is 4. The van der Waals surface area contributed by atoms with Gasteiger partial charge in [0.15, 0.2) is 0 Å². The van der Waals surface area contributed by atoms with E-state index in [4.69, 9.17) is 20.3 Å². The molecular weight excluding hydrogens is 510 g/mol. The van der Waals surface area contributed by atoms with Gasteiger partial charge in [-0.25, -0.2) is 9.55 Å². The van der Waals surface area contributed by atoms with Gasteiger partial charge in [-0.05, 0) is 34.9 Å². The topological polar surface area (TPSA) is 131 Å². The van der Waals surface area contributed by atoms with E-state index < -0.39 is 32.2 Å². The number of imidazole rings is 1. The summed E-state index contributed by atoms with van der Waals surface area (Å²) >= 11 is 0. The number of alkyl halides is 3. The summed E-state index contributed by atoms with van der Waals surface area (Å²) in [7, 11) is -4.73. The molecule has 0 aliphatic carbocycles. The van der Waals surface area contributed by atoms with E-state index in [1.54, 1.807) is 12.1 Å². The third-order valence-corrected chi connectivity index (χ3v) is 5.91. The van der Waals surface area contributed by atoms with Crippen LogP contribution in [-0.2, 0) is 21.9 Å². The van der Waals surface area contributed by atoms with Gasteiger partial charge in [-0.1, -0.05) is 54.6 Å². The van der Waals surface area contributed by atoms with E-state index in [0.29, 0.717) is 5.56 Å². The monoisotopic (exact) mass is 533 g/mol. The fourth-order valence-electron chi connectivity index (χ4n) is 3.56. The number of ether oxygens (including phenoxy) is 1. The van der Waals surface area contributed by atoms with Crippen LogP contribution >= 0.6 is 7.82 Å². The van der Waals surface area contributed by atoms with Crippen LogP contribution in [-0.4, -0.2) is 26.4 Å². The Morgan fingerprint density at radius 1 is 0.973 bits per heavy atom. The van der Waals surface area contributed by atoms with Crippen LogP contribution in [0.25, 0.3) is 22.4 Å². The smallest absolute Gasteiger partial charge is 0.469 e. The van der Waals surface area contributed by atoms with E-state index in [9.17, 15) is 17.7 Å². The van der Waals surface area contributed by atoms with Crippen molar-refractivity contribution in [2.24, 2.45) is 5.73 Å². The molecule has 1 aromatic heterocycles. The number of phosphoric acid groups is 1. The van der Waals surface area contributed by atoms with E-state index in [2.05, 4.69) is 14.5 Å². The van der Waals surface area contributed by atoms with Crippen molar-refractivity contribution in [3.8, 4) is 28.1 Å². The first-order chi connectivity index (χ1) is 17.5. The molecule has 0 unspecified atom stereocenters. The predicted molar refractivity (Wildman–Crippen MR) is 130 cm³/mol. The molecule has 0 radical (unpaired) electrons. The van der Waals surface area contributed by atoms with Crippen molar-refractivity contribution >= 4 is 7.82 Å². The molecule has 0 bridgehead atoms. The van der Waals surface area contributed by atoms with Crippen LogP contribution in [0.1, 0.15) is 23.0 Å². The fraction of sp³-hybridized carbons (Fsp3) is 0.160. The van der Waals surface area contributed by atoms with Crippen LogP contribution in [0.15, 0.2) is 79.0 Å². The lowest BCUT2D eigenvalue weighted by Crippen LogP contribution is -2.17. The molecule has 3 aromatic carbocycles. The molecule has 194 valence electrons. The third-order valence-electron chi connectivity index (χ3n) is 5.42. The number of aromatic nitrogens is 2. The Hall–Kier alpha value is -3.47. The molecule has 0 saturated heterocycles. The number of nitrogens with zero attached hydrogens (tertiary/aromatic N) is 1. The Labute approximate surface area is 210 Å². The van der Waals surface area contributed by atoms with Gasteiger partial charge >= 0.3 is 14.0 Å². The number of halogens is 3. The molecule has 4 aromatic rings. The SMILES string of the molecule is N[C@H](COP(=O)(O)O)c1ncc(-c2ccc(OCc3ccc(-c4ccccc4)cc3)c(C(F)(F)F)c2)[nH]1. The number of nitrogens with two attached hydrogens (primary N) is 1. The lowest BCUT2D eigenvalue weighted by atomic mass is 10.0. The van der Waals surface area contributed by atoms with Crippen molar-refractivity contribution in [1.29, 1.82) is 0 Å². The molecule has 0 spiro atoms. The van der Waals surface area contributed by atoms with E-state index in [1.165, 1.54) is 18.3 Å². The molecule has 12 heteroatoms. The van der Waals surface area contributed by atoms with Gasteiger partial charge < -0.3 is 25.2 Å². The van der Waals surface area contributed by atoms with Gasteiger partial charge in [-0.2, -0.15) is 13.2 Å². The molecule has 1 heterocycles. The molecule has 37 heavy (non-hydrogen) atoms. The van der Waals surface area contributed by atoms with Gasteiger partial charge in [-0.3, -0.25) is 4.52 Å². The summed E-state index contributed by atoms with van der Waals surface area (Å²) < 4.78 is 62.2. The number of benzene rings is 3. The lowest BCUT2D eigenvalue weighted by molar-refractivity contribution is -0.139. The zero-order valence-corrected chi connectivity index (χ0v) is 20.1. The Morgan fingerprint density at radius 3 is 2.27 bits per heavy atom. The maximum atomic E-state index is 13.8. The van der Waals surface area contributed by atoms with Crippen LogP contribution in [0.5, 0.6) is 5.75 Å². The first kappa shape index (κ1) is 26.6. The second-order valence-electron chi connectivity index (χ2n) is 8.14. The highest BCUT2D eigenvalue weighted by Crippen LogP contribution is 2.39. The van der Waals surface area contributed by atoms with Crippen molar-refractivity contribution in [1.82, 2.24) is 9.97 Å². The highest BCUT2D eigenvalue weighted by atomic mass is 31.2. The Bertz CT molecular complexity index is 1390. The summed E-state index contributed by atoms with van der Waals surface area (Å²) in [5.74, 6) is -0.230. The van der Waals surface area contributed by atoms with Gasteiger partial charge in [0, 0.05) is 5.56 Å². The van der Waals surface area contributed by atoms with Crippen molar-refractivity contribution in [3.63, 3.8) is 0 Å². The van der Waals surface area contributed by atoms with E-state index in [1.807, 2.05) is 42.5 Å². The average Bonchev–Trinajstić information content (AvgIpc) is 3.36. The Kier molecular flexibility index (Phi) is 7.82. The average molecular weight is 533 g/mol. The number of aromatic amines is 1. The van der Waals surface area contributed by atoms with Crippen LogP contribution in [0.3, 0.4) is 0 Å². The number of rotatable bonds is 9. The summed E-state index contributed by atoms with van der Waals surface area (Å²) in [4.78, 5) is 24.3. The Balaban J connectivity index is 1.49. The molecule has 5 N–H and O–H groups in total. The van der Waals surface area contributed by atoms with Crippen molar-refractivity contribution < 1.29 is 36.8 Å². The summed E-state index contributed by atoms with van der Waals surface area (Å²) in [5, 5.41) is 0. The van der Waals surface area contributed by atoms with Crippen LogP contribution in [0.4, 0.5) is 13.2 Å². The number of H-pyrrole nitrogens is 1. The molecule has 0 fully saturated rings. The van der Waals surface area contributed by atoms with Gasteiger partial charge in [-0.15, -0.1) is 0 Å². The molecule has 8 nitrogen and oxygen atoms in total. The predicted octanol–water partition coefficient (Wildman–Crippen LogP) is 5.45. The fourth-order valence-corrected chi connectivity index (χ4v) is 3.91. The largest absolute Gasteiger partial charge is 0.488 e. The second kappa shape index (κ2) is 10.9. The zero-order chi connectivity index (χ0) is 26.6. The summed E-state index contributed by atoms with van der Waals surface area (Å²) in [6.45, 7) is -0.593. The normalized spacial score (nSPS) is 12.9. The maximum absolute atomic E-state index is 13.8. The third kappa shape index (κ3) is 7.06. The molecule has 1 atom stereocenters. The van der Waals surface area contributed by atoms with Crippen molar-refractivity contribution in [3.05, 3.63) is 95.9 Å². The summed E-state index contributed by atoms with van der Waals surface area (Å²) in [5.41, 5.74) is 7.96. The van der Waals surface area contributed by atoms with Crippen molar-refractivity contribution in [2.75, 3.05) is 6.61 Å². The highest BCUT2D eigenvalue weighted by Gasteiger charge is 2.35. The Morgan fingerprint density at radius 2 is 1.62 bits per heavy atom. The van der Waals surface area contributed by atoms with Crippen LogP contribution in [0.2, 0.25) is 0 Å². The summed E-state index contributed by atoms with van der Waals surface area (Å²) in [6.07, 6.45) is -3.41. The molecular formula is C25H23F3N3O5P. The van der Waals surface area contributed by atoms with Gasteiger partial charge in [0.25, 0.3) is 0 Å². The number of phosphoric ester groups is 1. The van der Waals surface area contributed by atoms with Crippen LogP contribution in [0, 0.1) is 0 Å². The molecule has 0 saturated carbocycles. The van der Waals surface area contributed by atoms with E-state index in [-0.39, 0.29) is 29.4 Å². The number of hydrogen-bond acceptors (Lipinski definition) is 5. The van der Waals surface area contributed by atoms with Crippen LogP contribution < -0.4 is 10.5 Å². The minimum Gasteiger partial charge on any atom is -0.488 e. The van der Waals surface area contributed by atoms with E-state index in [0.717, 1.165) is 17.2 Å². The quantitative estimate of drug-likeness (QED) is 0.211. The van der Waals surface area contributed by atoms with Crippen molar-refractivity contribution in [2.45, 2.75) is 18.8 Å². The molecule has 4 rings (SSSR count). The first-order valence-electron chi connectivity index (χ1n) is 11.0. The maximum Gasteiger partial charge on any atom is 0.469 e. The van der Waals surface area contributed by atoms with Gasteiger partial charge in [0.1, 0.15) is 18.2 Å². The number of nitrogens with one attached hydrogen (secondary N) is 1. The molecule has 0 aliphatic rings. The van der Waals surface area contributed by atoms with Gasteiger partial charge in [0.2, 0.25) is 0 Å². The standard InChI is InChI=1S/C25H23F3N3O5P/c26-25(27,28)20-12-19(22-13-30-24(31-22)21(29)15-36-37(32,33)34)10-11-23(20)35-14-16-6-8-18(9-7-16)17-4-2-1-3-5-17/h1-13,21H,14-15,29H2,(H,30,31)(H2,32,33,34)/t21-/m1/s1. The van der Waals surface area contributed by atoms with E-state index >= 15 is 0 Å². The minimum atomic E-state index is -4.73. The molecule has 0 aliphatic heterocycles. The zero-order valence-electron chi connectivity index (χ0n) is 19.2.